The van der Waals surface area contributed by atoms with Crippen molar-refractivity contribution in [1.29, 1.82) is 0 Å². The maximum Gasteiger partial charge on any atom is 0.224 e. The summed E-state index contributed by atoms with van der Waals surface area (Å²) in [5, 5.41) is 2.64. The van der Waals surface area contributed by atoms with Crippen LogP contribution in [0.3, 0.4) is 0 Å². The Morgan fingerprint density at radius 2 is 2.00 bits per heavy atom. The molecule has 1 rings (SSSR count). The molecule has 1 aromatic carbocycles. The van der Waals surface area contributed by atoms with Crippen LogP contribution in [0.15, 0.2) is 30.3 Å². The highest BCUT2D eigenvalue weighted by Crippen LogP contribution is 1.98. The minimum Gasteiger partial charge on any atom is -0.356 e. The fraction of sp³-hybridized carbons (Fsp3) is 0.200. The van der Waals surface area contributed by atoms with Gasteiger partial charge in [0.05, 0.1) is 6.42 Å². The van der Waals surface area contributed by atoms with Crippen LogP contribution in [0.25, 0.3) is 0 Å². The van der Waals surface area contributed by atoms with E-state index < -0.39 is 0 Å². The Morgan fingerprint density at radius 1 is 1.33 bits per heavy atom. The number of carbonyl (C=O) groups is 1. The van der Waals surface area contributed by atoms with Crippen molar-refractivity contribution < 1.29 is 4.79 Å². The second kappa shape index (κ2) is 4.54. The minimum atomic E-state index is 0.0243. The summed E-state index contributed by atoms with van der Waals surface area (Å²) in [5.74, 6) is 0.0243. The van der Waals surface area contributed by atoms with Crippen molar-refractivity contribution in [1.82, 2.24) is 5.32 Å². The summed E-state index contributed by atoms with van der Waals surface area (Å²) < 4.78 is 0. The van der Waals surface area contributed by atoms with Gasteiger partial charge in [0.1, 0.15) is 0 Å². The van der Waals surface area contributed by atoms with E-state index in [0.717, 1.165) is 5.56 Å². The van der Waals surface area contributed by atoms with Gasteiger partial charge in [0.2, 0.25) is 5.91 Å². The van der Waals surface area contributed by atoms with E-state index in [0.29, 0.717) is 13.0 Å². The van der Waals surface area contributed by atoms with E-state index in [1.54, 1.807) is 0 Å². The monoisotopic (exact) mass is 162 g/mol. The first-order valence-electron chi connectivity index (χ1n) is 3.93. The average Bonchev–Trinajstić information content (AvgIpc) is 2.06. The Kier molecular flexibility index (Phi) is 3.33. The lowest BCUT2D eigenvalue weighted by Gasteiger charge is -2.00. The third-order valence-corrected chi connectivity index (χ3v) is 1.53. The quantitative estimate of drug-likeness (QED) is 0.710. The van der Waals surface area contributed by atoms with Crippen LogP contribution in [-0.4, -0.2) is 12.5 Å². The van der Waals surface area contributed by atoms with E-state index in [1.165, 1.54) is 0 Å². The molecule has 0 aromatic heterocycles. The lowest BCUT2D eigenvalue weighted by Crippen LogP contribution is -2.24. The molecule has 0 aliphatic rings. The van der Waals surface area contributed by atoms with Crippen molar-refractivity contribution in [2.24, 2.45) is 0 Å². The number of nitrogens with one attached hydrogen (secondary N) is 1. The molecule has 1 N–H and O–H groups in total. The number of hydrogen-bond acceptors (Lipinski definition) is 1. The molecule has 2 heteroatoms. The Labute approximate surface area is 72.6 Å². The Hall–Kier alpha value is -1.31. The summed E-state index contributed by atoms with van der Waals surface area (Å²) in [5.41, 5.74) is 1.03. The van der Waals surface area contributed by atoms with Gasteiger partial charge in [0.15, 0.2) is 0 Å². The third kappa shape index (κ3) is 2.74. The zero-order valence-corrected chi connectivity index (χ0v) is 6.92. The maximum absolute atomic E-state index is 11.1. The maximum atomic E-state index is 11.1. The zero-order valence-electron chi connectivity index (χ0n) is 6.92. The second-order valence-corrected chi connectivity index (χ2v) is 2.51. The molecule has 0 fully saturated rings. The van der Waals surface area contributed by atoms with Crippen LogP contribution < -0.4 is 5.32 Å². The average molecular weight is 162 g/mol. The molecule has 63 valence electrons. The molecule has 0 saturated carbocycles. The third-order valence-electron chi connectivity index (χ3n) is 1.53. The normalized spacial score (nSPS) is 9.42. The molecule has 0 aliphatic carbocycles. The Morgan fingerprint density at radius 3 is 2.58 bits per heavy atom. The van der Waals surface area contributed by atoms with Gasteiger partial charge in [-0.25, -0.2) is 0 Å². The summed E-state index contributed by atoms with van der Waals surface area (Å²) in [6.07, 6.45) is 0.441. The SMILES string of the molecule is [CH2]CNC(=O)Cc1ccccc1. The van der Waals surface area contributed by atoms with Gasteiger partial charge in [-0.15, -0.1) is 0 Å². The smallest absolute Gasteiger partial charge is 0.224 e. The largest absolute Gasteiger partial charge is 0.356 e. The zero-order chi connectivity index (χ0) is 8.81. The minimum absolute atomic E-state index is 0.0243. The highest BCUT2D eigenvalue weighted by atomic mass is 16.1. The van der Waals surface area contributed by atoms with Crippen molar-refractivity contribution >= 4 is 5.91 Å². The van der Waals surface area contributed by atoms with E-state index in [4.69, 9.17) is 0 Å². The molecule has 12 heavy (non-hydrogen) atoms. The topological polar surface area (TPSA) is 29.1 Å². The molecule has 1 amide bonds. The van der Waals surface area contributed by atoms with Crippen molar-refractivity contribution in [2.45, 2.75) is 6.42 Å². The van der Waals surface area contributed by atoms with E-state index in [2.05, 4.69) is 12.2 Å². The molecular formula is C10H12NO. The van der Waals surface area contributed by atoms with Crippen molar-refractivity contribution in [3.8, 4) is 0 Å². The number of amides is 1. The van der Waals surface area contributed by atoms with Gasteiger partial charge in [-0.3, -0.25) is 4.79 Å². The fourth-order valence-electron chi connectivity index (χ4n) is 0.983. The van der Waals surface area contributed by atoms with Gasteiger partial charge in [0.25, 0.3) is 0 Å². The van der Waals surface area contributed by atoms with Gasteiger partial charge in [-0.1, -0.05) is 30.3 Å². The van der Waals surface area contributed by atoms with E-state index in [1.807, 2.05) is 30.3 Å². The molecule has 0 unspecified atom stereocenters. The van der Waals surface area contributed by atoms with Crippen LogP contribution in [0.2, 0.25) is 0 Å². The molecule has 0 spiro atoms. The molecular weight excluding hydrogens is 150 g/mol. The lowest BCUT2D eigenvalue weighted by atomic mass is 10.1. The van der Waals surface area contributed by atoms with Gasteiger partial charge in [0, 0.05) is 6.54 Å². The summed E-state index contributed by atoms with van der Waals surface area (Å²) in [4.78, 5) is 11.1. The molecule has 2 nitrogen and oxygen atoms in total. The summed E-state index contributed by atoms with van der Waals surface area (Å²) >= 11 is 0. The van der Waals surface area contributed by atoms with Gasteiger partial charge in [-0.2, -0.15) is 0 Å². The van der Waals surface area contributed by atoms with Crippen LogP contribution in [0.4, 0.5) is 0 Å². The Balaban J connectivity index is 2.47. The van der Waals surface area contributed by atoms with Crippen LogP contribution in [0, 0.1) is 6.92 Å². The predicted octanol–water partition coefficient (Wildman–Crippen LogP) is 1.18. The second-order valence-electron chi connectivity index (χ2n) is 2.51. The van der Waals surface area contributed by atoms with E-state index in [-0.39, 0.29) is 5.91 Å². The van der Waals surface area contributed by atoms with Crippen molar-refractivity contribution in [3.05, 3.63) is 42.8 Å². The molecule has 0 aliphatic heterocycles. The summed E-state index contributed by atoms with van der Waals surface area (Å²) in [6, 6.07) is 9.65. The fourth-order valence-corrected chi connectivity index (χ4v) is 0.983. The first kappa shape index (κ1) is 8.78. The van der Waals surface area contributed by atoms with Gasteiger partial charge < -0.3 is 5.32 Å². The first-order valence-corrected chi connectivity index (χ1v) is 3.93. The highest BCUT2D eigenvalue weighted by Gasteiger charge is 1.99. The molecule has 0 saturated heterocycles. The molecule has 0 bridgehead atoms. The number of carbonyl (C=O) groups excluding carboxylic acids is 1. The first-order chi connectivity index (χ1) is 5.83. The highest BCUT2D eigenvalue weighted by molar-refractivity contribution is 5.78. The number of benzene rings is 1. The van der Waals surface area contributed by atoms with Gasteiger partial charge in [-0.05, 0) is 12.5 Å². The predicted molar refractivity (Wildman–Crippen MR) is 48.5 cm³/mol. The molecule has 1 aromatic rings. The Bertz CT molecular complexity index is 243. The molecule has 1 radical (unpaired) electrons. The number of hydrogen-bond donors (Lipinski definition) is 1. The molecule has 0 atom stereocenters. The molecule has 0 heterocycles. The lowest BCUT2D eigenvalue weighted by molar-refractivity contribution is -0.120. The standard InChI is InChI=1S/C10H12NO/c1-2-11-10(12)8-9-6-4-3-5-7-9/h3-7H,1-2,8H2,(H,11,12). The van der Waals surface area contributed by atoms with Crippen LogP contribution in [0.1, 0.15) is 5.56 Å². The van der Waals surface area contributed by atoms with E-state index >= 15 is 0 Å². The van der Waals surface area contributed by atoms with Crippen LogP contribution in [0.5, 0.6) is 0 Å². The van der Waals surface area contributed by atoms with Crippen molar-refractivity contribution in [2.75, 3.05) is 6.54 Å². The summed E-state index contributed by atoms with van der Waals surface area (Å²) in [7, 11) is 0. The van der Waals surface area contributed by atoms with Gasteiger partial charge >= 0.3 is 0 Å². The summed E-state index contributed by atoms with van der Waals surface area (Å²) in [6.45, 7) is 3.99. The van der Waals surface area contributed by atoms with Crippen LogP contribution >= 0.6 is 0 Å². The van der Waals surface area contributed by atoms with E-state index in [9.17, 15) is 4.79 Å². The number of rotatable bonds is 3. The van der Waals surface area contributed by atoms with Crippen molar-refractivity contribution in [3.63, 3.8) is 0 Å². The van der Waals surface area contributed by atoms with Crippen LogP contribution in [-0.2, 0) is 11.2 Å².